The van der Waals surface area contributed by atoms with Crippen LogP contribution < -0.4 is 5.32 Å². The van der Waals surface area contributed by atoms with Crippen molar-refractivity contribution in [3.8, 4) is 0 Å². The molecule has 1 fully saturated rings. The van der Waals surface area contributed by atoms with Gasteiger partial charge in [-0.05, 0) is 31.1 Å². The molecule has 1 saturated carbocycles. The third-order valence-electron chi connectivity index (χ3n) is 3.52. The monoisotopic (exact) mass is 179 g/mol. The number of allylic oxidation sites excluding steroid dienone is 2. The molecule has 1 heteroatoms. The van der Waals surface area contributed by atoms with Crippen molar-refractivity contribution in [1.29, 1.82) is 0 Å². The van der Waals surface area contributed by atoms with Gasteiger partial charge in [0.15, 0.2) is 0 Å². The zero-order chi connectivity index (χ0) is 9.26. The van der Waals surface area contributed by atoms with E-state index < -0.39 is 0 Å². The second-order valence-corrected chi connectivity index (χ2v) is 4.85. The minimum absolute atomic E-state index is 0.683. The van der Waals surface area contributed by atoms with Gasteiger partial charge in [0.2, 0.25) is 0 Å². The third kappa shape index (κ3) is 1.90. The predicted molar refractivity (Wildman–Crippen MR) is 56.4 cm³/mol. The average Bonchev–Trinajstić information content (AvgIpc) is 2.17. The predicted octanol–water partition coefficient (Wildman–Crippen LogP) is 3.08. The van der Waals surface area contributed by atoms with Crippen LogP contribution in [0.15, 0.2) is 11.8 Å². The van der Waals surface area contributed by atoms with Crippen molar-refractivity contribution in [1.82, 2.24) is 5.32 Å². The topological polar surface area (TPSA) is 12.0 Å². The Morgan fingerprint density at radius 1 is 1.31 bits per heavy atom. The molecule has 1 N–H and O–H groups in total. The summed E-state index contributed by atoms with van der Waals surface area (Å²) in [5, 5.41) is 3.72. The Balaban J connectivity index is 2.02. The van der Waals surface area contributed by atoms with Crippen molar-refractivity contribution < 1.29 is 0 Å². The van der Waals surface area contributed by atoms with Crippen molar-refractivity contribution in [3.05, 3.63) is 11.8 Å². The van der Waals surface area contributed by atoms with Crippen LogP contribution in [0.4, 0.5) is 0 Å². The molecule has 0 saturated heterocycles. The highest BCUT2D eigenvalue weighted by molar-refractivity contribution is 5.10. The number of rotatable bonds is 1. The Hall–Kier alpha value is -0.460. The van der Waals surface area contributed by atoms with Crippen LogP contribution in [0.3, 0.4) is 0 Å². The van der Waals surface area contributed by atoms with Crippen LogP contribution in [-0.2, 0) is 0 Å². The summed E-state index contributed by atoms with van der Waals surface area (Å²) in [4.78, 5) is 0. The molecule has 1 nitrogen and oxygen atoms in total. The fraction of sp³-hybridized carbons (Fsp3) is 0.833. The van der Waals surface area contributed by atoms with Crippen LogP contribution in [0.25, 0.3) is 0 Å². The zero-order valence-corrected chi connectivity index (χ0v) is 8.84. The molecule has 2 aliphatic rings. The van der Waals surface area contributed by atoms with Gasteiger partial charge in [0.05, 0.1) is 0 Å². The largest absolute Gasteiger partial charge is 0.385 e. The maximum Gasteiger partial charge on any atom is 0.0289 e. The van der Waals surface area contributed by atoms with Gasteiger partial charge < -0.3 is 5.32 Å². The molecule has 0 amide bonds. The number of fused-ring (bicyclic) bond motifs is 1. The van der Waals surface area contributed by atoms with Crippen molar-refractivity contribution >= 4 is 0 Å². The van der Waals surface area contributed by atoms with Crippen LogP contribution in [-0.4, -0.2) is 6.04 Å². The van der Waals surface area contributed by atoms with Gasteiger partial charge in [-0.3, -0.25) is 0 Å². The van der Waals surface area contributed by atoms with E-state index in [1.165, 1.54) is 37.8 Å². The third-order valence-corrected chi connectivity index (χ3v) is 3.52. The summed E-state index contributed by atoms with van der Waals surface area (Å²) in [5.41, 5.74) is 1.49. The Morgan fingerprint density at radius 3 is 2.85 bits per heavy atom. The highest BCUT2D eigenvalue weighted by Gasteiger charge is 2.27. The van der Waals surface area contributed by atoms with E-state index in [0.29, 0.717) is 5.92 Å². The molecule has 1 heterocycles. The summed E-state index contributed by atoms with van der Waals surface area (Å²) in [6.07, 6.45) is 9.48. The lowest BCUT2D eigenvalue weighted by molar-refractivity contribution is 0.257. The Bertz CT molecular complexity index is 205. The lowest BCUT2D eigenvalue weighted by Gasteiger charge is -2.37. The summed E-state index contributed by atoms with van der Waals surface area (Å²) < 4.78 is 0. The SMILES string of the molecule is CC(C)C1=CCC2CCCCC2N1. The summed E-state index contributed by atoms with van der Waals surface area (Å²) in [5.74, 6) is 1.62. The van der Waals surface area contributed by atoms with Crippen LogP contribution in [0, 0.1) is 11.8 Å². The van der Waals surface area contributed by atoms with Crippen molar-refractivity contribution in [2.24, 2.45) is 11.8 Å². The minimum Gasteiger partial charge on any atom is -0.385 e. The van der Waals surface area contributed by atoms with E-state index in [2.05, 4.69) is 25.2 Å². The van der Waals surface area contributed by atoms with E-state index in [9.17, 15) is 0 Å². The van der Waals surface area contributed by atoms with Gasteiger partial charge >= 0.3 is 0 Å². The maximum absolute atomic E-state index is 3.72. The molecule has 2 unspecified atom stereocenters. The first kappa shape index (κ1) is 9.11. The number of nitrogens with one attached hydrogen (secondary N) is 1. The second-order valence-electron chi connectivity index (χ2n) is 4.85. The van der Waals surface area contributed by atoms with E-state index >= 15 is 0 Å². The van der Waals surface area contributed by atoms with Crippen LogP contribution in [0.5, 0.6) is 0 Å². The first-order chi connectivity index (χ1) is 6.27. The molecule has 0 radical (unpaired) electrons. The number of hydrogen-bond donors (Lipinski definition) is 1. The second kappa shape index (κ2) is 3.73. The zero-order valence-electron chi connectivity index (χ0n) is 8.84. The lowest BCUT2D eigenvalue weighted by Crippen LogP contribution is -2.41. The first-order valence-electron chi connectivity index (χ1n) is 5.74. The normalized spacial score (nSPS) is 33.6. The van der Waals surface area contributed by atoms with E-state index in [-0.39, 0.29) is 0 Å². The molecule has 74 valence electrons. The van der Waals surface area contributed by atoms with E-state index in [0.717, 1.165) is 12.0 Å². The molecular formula is C12H21N. The smallest absolute Gasteiger partial charge is 0.0289 e. The summed E-state index contributed by atoms with van der Waals surface area (Å²) >= 11 is 0. The quantitative estimate of drug-likeness (QED) is 0.652. The fourth-order valence-electron chi connectivity index (χ4n) is 2.63. The molecule has 0 aromatic rings. The highest BCUT2D eigenvalue weighted by atomic mass is 15.0. The molecule has 2 atom stereocenters. The summed E-state index contributed by atoms with van der Waals surface area (Å²) in [7, 11) is 0. The molecule has 0 bridgehead atoms. The van der Waals surface area contributed by atoms with Gasteiger partial charge in [0, 0.05) is 11.7 Å². The van der Waals surface area contributed by atoms with Gasteiger partial charge in [-0.1, -0.05) is 32.8 Å². The highest BCUT2D eigenvalue weighted by Crippen LogP contribution is 2.32. The fourth-order valence-corrected chi connectivity index (χ4v) is 2.63. The number of hydrogen-bond acceptors (Lipinski definition) is 1. The minimum atomic E-state index is 0.683. The molecular weight excluding hydrogens is 158 g/mol. The molecule has 13 heavy (non-hydrogen) atoms. The average molecular weight is 179 g/mol. The Labute approximate surface area is 81.6 Å². The van der Waals surface area contributed by atoms with Gasteiger partial charge in [0.1, 0.15) is 0 Å². The maximum atomic E-state index is 3.72. The van der Waals surface area contributed by atoms with E-state index in [1.807, 2.05) is 0 Å². The standard InChI is InChI=1S/C12H21N/c1-9(2)11-8-7-10-5-3-4-6-12(10)13-11/h8-10,12-13H,3-7H2,1-2H3. The summed E-state index contributed by atoms with van der Waals surface area (Å²) in [6.45, 7) is 4.56. The Kier molecular flexibility index (Phi) is 2.61. The van der Waals surface area contributed by atoms with Crippen molar-refractivity contribution in [2.75, 3.05) is 0 Å². The Morgan fingerprint density at radius 2 is 2.08 bits per heavy atom. The molecule has 0 aromatic heterocycles. The summed E-state index contributed by atoms with van der Waals surface area (Å²) in [6, 6.07) is 0.802. The molecule has 2 rings (SSSR count). The van der Waals surface area contributed by atoms with E-state index in [4.69, 9.17) is 0 Å². The van der Waals surface area contributed by atoms with E-state index in [1.54, 1.807) is 0 Å². The van der Waals surface area contributed by atoms with Gasteiger partial charge in [-0.25, -0.2) is 0 Å². The van der Waals surface area contributed by atoms with Gasteiger partial charge in [0.25, 0.3) is 0 Å². The van der Waals surface area contributed by atoms with Gasteiger partial charge in [-0.2, -0.15) is 0 Å². The molecule has 1 aliphatic carbocycles. The molecule has 1 aliphatic heterocycles. The van der Waals surface area contributed by atoms with Crippen LogP contribution in [0.1, 0.15) is 46.0 Å². The molecule has 0 spiro atoms. The van der Waals surface area contributed by atoms with Crippen LogP contribution in [0.2, 0.25) is 0 Å². The van der Waals surface area contributed by atoms with Crippen molar-refractivity contribution in [2.45, 2.75) is 52.0 Å². The first-order valence-corrected chi connectivity index (χ1v) is 5.74. The lowest BCUT2D eigenvalue weighted by atomic mass is 9.79. The van der Waals surface area contributed by atoms with Crippen molar-refractivity contribution in [3.63, 3.8) is 0 Å². The van der Waals surface area contributed by atoms with Crippen LogP contribution >= 0.6 is 0 Å². The van der Waals surface area contributed by atoms with Gasteiger partial charge in [-0.15, -0.1) is 0 Å². The molecule has 0 aromatic carbocycles.